The lowest BCUT2D eigenvalue weighted by molar-refractivity contribution is 0.0107. The Hall–Kier alpha value is -2.18. The van der Waals surface area contributed by atoms with Gasteiger partial charge in [0.2, 0.25) is 0 Å². The molecule has 2 fully saturated rings. The summed E-state index contributed by atoms with van der Waals surface area (Å²) in [7, 11) is 2.12. The van der Waals surface area contributed by atoms with Gasteiger partial charge in [0, 0.05) is 25.3 Å². The number of aromatic nitrogens is 1. The Kier molecular flexibility index (Phi) is 4.54. The molecule has 2 aromatic rings. The van der Waals surface area contributed by atoms with Crippen molar-refractivity contribution in [2.24, 2.45) is 0 Å². The van der Waals surface area contributed by atoms with Gasteiger partial charge >= 0.3 is 0 Å². The highest BCUT2D eigenvalue weighted by Crippen LogP contribution is 2.37. The van der Waals surface area contributed by atoms with Crippen LogP contribution in [0.3, 0.4) is 0 Å². The van der Waals surface area contributed by atoms with Crippen molar-refractivity contribution in [3.8, 4) is 0 Å². The van der Waals surface area contributed by atoms with Crippen LogP contribution in [-0.4, -0.2) is 59.1 Å². The number of carbonyl (C=O) groups is 1. The number of amides is 1. The highest BCUT2D eigenvalue weighted by Gasteiger charge is 2.47. The second-order valence-electron chi connectivity index (χ2n) is 7.46. The molecule has 0 bridgehead atoms. The molecule has 138 valence electrons. The summed E-state index contributed by atoms with van der Waals surface area (Å²) in [6, 6.07) is 8.10. The highest BCUT2D eigenvalue weighted by molar-refractivity contribution is 5.95. The normalized spacial score (nSPS) is 25.5. The predicted molar refractivity (Wildman–Crippen MR) is 96.8 cm³/mol. The second kappa shape index (κ2) is 6.85. The molecule has 0 saturated carbocycles. The van der Waals surface area contributed by atoms with Gasteiger partial charge in [0.25, 0.3) is 5.91 Å². The summed E-state index contributed by atoms with van der Waals surface area (Å²) in [6.07, 6.45) is 5.24. The maximum Gasteiger partial charge on any atom is 0.257 e. The number of nitrogens with zero attached hydrogens (tertiary/aromatic N) is 3. The number of hydrogen-bond donors (Lipinski definition) is 0. The number of likely N-dealkylation sites (N-methyl/N-ethyl adjacent to an activating group) is 1. The summed E-state index contributed by atoms with van der Waals surface area (Å²) in [5, 5.41) is 0. The smallest absolute Gasteiger partial charge is 0.257 e. The first-order valence-electron chi connectivity index (χ1n) is 9.14. The molecule has 0 radical (unpaired) electrons. The van der Waals surface area contributed by atoms with Gasteiger partial charge in [-0.15, -0.1) is 0 Å². The Balaban J connectivity index is 1.37. The molecule has 1 spiro atoms. The Morgan fingerprint density at radius 2 is 2.31 bits per heavy atom. The Morgan fingerprint density at radius 1 is 1.42 bits per heavy atom. The number of furan rings is 1. The van der Waals surface area contributed by atoms with Crippen LogP contribution in [0, 0.1) is 6.92 Å². The topological polar surface area (TPSA) is 58.8 Å². The van der Waals surface area contributed by atoms with Crippen LogP contribution in [0.15, 0.2) is 41.1 Å². The van der Waals surface area contributed by atoms with Gasteiger partial charge in [0.1, 0.15) is 5.76 Å². The second-order valence-corrected chi connectivity index (χ2v) is 7.46. The zero-order valence-corrected chi connectivity index (χ0v) is 15.4. The van der Waals surface area contributed by atoms with Crippen LogP contribution in [0.25, 0.3) is 0 Å². The largest absolute Gasteiger partial charge is 0.469 e. The summed E-state index contributed by atoms with van der Waals surface area (Å²) < 4.78 is 11.5. The fourth-order valence-corrected chi connectivity index (χ4v) is 4.06. The minimum absolute atomic E-state index is 0.0435. The zero-order chi connectivity index (χ0) is 18.1. The standard InChI is InChI=1S/C20H25N3O3/c1-15-18(6-10-25-15)19(24)23-9-7-20(14-23)11-17(13-26-20)22(2)12-16-5-3-4-8-21-16/h3-6,8,10,17H,7,9,11-14H2,1-2H3. The van der Waals surface area contributed by atoms with Crippen molar-refractivity contribution in [1.29, 1.82) is 0 Å². The van der Waals surface area contributed by atoms with Gasteiger partial charge in [-0.2, -0.15) is 0 Å². The number of likely N-dealkylation sites (tertiary alicyclic amines) is 1. The minimum Gasteiger partial charge on any atom is -0.469 e. The summed E-state index contributed by atoms with van der Waals surface area (Å²) >= 11 is 0. The molecule has 4 rings (SSSR count). The van der Waals surface area contributed by atoms with Crippen molar-refractivity contribution in [2.45, 2.75) is 38.0 Å². The van der Waals surface area contributed by atoms with Crippen LogP contribution < -0.4 is 0 Å². The molecule has 26 heavy (non-hydrogen) atoms. The molecule has 0 aromatic carbocycles. The Morgan fingerprint density at radius 3 is 3.04 bits per heavy atom. The highest BCUT2D eigenvalue weighted by atomic mass is 16.5. The van der Waals surface area contributed by atoms with Crippen molar-refractivity contribution in [3.63, 3.8) is 0 Å². The average molecular weight is 355 g/mol. The van der Waals surface area contributed by atoms with Crippen LogP contribution in [0.5, 0.6) is 0 Å². The molecule has 2 saturated heterocycles. The molecule has 2 unspecified atom stereocenters. The van der Waals surface area contributed by atoms with E-state index in [0.717, 1.165) is 31.6 Å². The summed E-state index contributed by atoms with van der Waals surface area (Å²) in [5.41, 5.74) is 1.51. The quantitative estimate of drug-likeness (QED) is 0.843. The zero-order valence-electron chi connectivity index (χ0n) is 15.4. The molecule has 0 aliphatic carbocycles. The van der Waals surface area contributed by atoms with Gasteiger partial charge in [0.05, 0.1) is 36.3 Å². The number of pyridine rings is 1. The van der Waals surface area contributed by atoms with Gasteiger partial charge in [-0.05, 0) is 45.0 Å². The van der Waals surface area contributed by atoms with Crippen LogP contribution in [0.2, 0.25) is 0 Å². The fourth-order valence-electron chi connectivity index (χ4n) is 4.06. The van der Waals surface area contributed by atoms with Crippen LogP contribution in [0.4, 0.5) is 0 Å². The van der Waals surface area contributed by atoms with Gasteiger partial charge in [0.15, 0.2) is 0 Å². The van der Waals surface area contributed by atoms with Crippen molar-refractivity contribution >= 4 is 5.91 Å². The number of aryl methyl sites for hydroxylation is 1. The van der Waals surface area contributed by atoms with E-state index in [1.54, 1.807) is 12.3 Å². The molecule has 6 heteroatoms. The summed E-state index contributed by atoms with van der Waals surface area (Å²) in [4.78, 5) is 21.3. The lowest BCUT2D eigenvalue weighted by atomic mass is 9.96. The van der Waals surface area contributed by atoms with Gasteiger partial charge in [-0.3, -0.25) is 14.7 Å². The average Bonchev–Trinajstić information content (AvgIpc) is 3.37. The molecule has 6 nitrogen and oxygen atoms in total. The van der Waals surface area contributed by atoms with Gasteiger partial charge < -0.3 is 14.1 Å². The van der Waals surface area contributed by atoms with Crippen LogP contribution >= 0.6 is 0 Å². The molecule has 2 aromatic heterocycles. The molecular weight excluding hydrogens is 330 g/mol. The molecular formula is C20H25N3O3. The molecule has 4 heterocycles. The number of carbonyl (C=O) groups excluding carboxylic acids is 1. The summed E-state index contributed by atoms with van der Waals surface area (Å²) in [5.74, 6) is 0.721. The third kappa shape index (κ3) is 3.27. The van der Waals surface area contributed by atoms with Crippen LogP contribution in [0.1, 0.15) is 34.7 Å². The number of ether oxygens (including phenoxy) is 1. The van der Waals surface area contributed by atoms with E-state index in [0.29, 0.717) is 30.5 Å². The molecule has 2 aliphatic rings. The minimum atomic E-state index is -0.212. The first-order chi connectivity index (χ1) is 12.6. The first kappa shape index (κ1) is 17.2. The molecule has 2 atom stereocenters. The predicted octanol–water partition coefficient (Wildman–Crippen LogP) is 2.49. The molecule has 1 amide bonds. The van der Waals surface area contributed by atoms with E-state index in [-0.39, 0.29) is 11.5 Å². The third-order valence-electron chi connectivity index (χ3n) is 5.64. The number of hydrogen-bond acceptors (Lipinski definition) is 5. The van der Waals surface area contributed by atoms with E-state index in [1.165, 1.54) is 0 Å². The van der Waals surface area contributed by atoms with Crippen molar-refractivity contribution in [2.75, 3.05) is 26.7 Å². The maximum absolute atomic E-state index is 12.7. The van der Waals surface area contributed by atoms with E-state index in [9.17, 15) is 4.79 Å². The van der Waals surface area contributed by atoms with E-state index in [2.05, 4.69) is 16.9 Å². The Bertz CT molecular complexity index is 776. The van der Waals surface area contributed by atoms with E-state index in [4.69, 9.17) is 9.15 Å². The Labute approximate surface area is 153 Å². The molecule has 0 N–H and O–H groups in total. The lowest BCUT2D eigenvalue weighted by Crippen LogP contribution is -2.37. The third-order valence-corrected chi connectivity index (χ3v) is 5.64. The van der Waals surface area contributed by atoms with E-state index >= 15 is 0 Å². The SMILES string of the molecule is Cc1occc1C(=O)N1CCC2(CC(N(C)Cc3ccccn3)CO2)C1. The van der Waals surface area contributed by atoms with Gasteiger partial charge in [-0.1, -0.05) is 6.07 Å². The van der Waals surface area contributed by atoms with Crippen LogP contribution in [-0.2, 0) is 11.3 Å². The molecule has 2 aliphatic heterocycles. The van der Waals surface area contributed by atoms with Gasteiger partial charge in [-0.25, -0.2) is 0 Å². The fraction of sp³-hybridized carbons (Fsp3) is 0.500. The summed E-state index contributed by atoms with van der Waals surface area (Å²) in [6.45, 7) is 4.73. The first-order valence-corrected chi connectivity index (χ1v) is 9.14. The van der Waals surface area contributed by atoms with Crippen molar-refractivity contribution in [3.05, 3.63) is 53.7 Å². The van der Waals surface area contributed by atoms with Crippen molar-refractivity contribution < 1.29 is 13.9 Å². The number of rotatable bonds is 4. The van der Waals surface area contributed by atoms with E-state index in [1.807, 2.05) is 36.2 Å². The maximum atomic E-state index is 12.7. The van der Waals surface area contributed by atoms with E-state index < -0.39 is 0 Å². The monoisotopic (exact) mass is 355 g/mol. The lowest BCUT2D eigenvalue weighted by Gasteiger charge is -2.25. The van der Waals surface area contributed by atoms with Crippen molar-refractivity contribution in [1.82, 2.24) is 14.8 Å².